The Bertz CT molecular complexity index is 603. The summed E-state index contributed by atoms with van der Waals surface area (Å²) in [6.07, 6.45) is 0.640. The molecule has 0 spiro atoms. The molecule has 0 amide bonds. The molecular weight excluding hydrogens is 306 g/mol. The molecule has 19 heavy (non-hydrogen) atoms. The minimum absolute atomic E-state index is 0.140. The van der Waals surface area contributed by atoms with Crippen LogP contribution in [0.2, 0.25) is 0 Å². The fraction of sp³-hybridized carbons (Fsp3) is 0.133. The summed E-state index contributed by atoms with van der Waals surface area (Å²) in [7, 11) is 0. The van der Waals surface area contributed by atoms with Crippen LogP contribution >= 0.6 is 15.9 Å². The Morgan fingerprint density at radius 3 is 2.47 bits per heavy atom. The van der Waals surface area contributed by atoms with Crippen LogP contribution in [0.1, 0.15) is 11.1 Å². The number of ether oxygens (including phenoxy) is 1. The molecule has 0 aliphatic carbocycles. The molecule has 0 heterocycles. The van der Waals surface area contributed by atoms with Crippen LogP contribution in [0.4, 0.5) is 0 Å². The first-order chi connectivity index (χ1) is 9.22. The zero-order chi connectivity index (χ0) is 13.7. The highest BCUT2D eigenvalue weighted by atomic mass is 79.9. The molecule has 0 bridgehead atoms. The van der Waals surface area contributed by atoms with Crippen LogP contribution < -0.4 is 4.74 Å². The Kier molecular flexibility index (Phi) is 4.56. The molecule has 0 unspecified atom stereocenters. The van der Waals surface area contributed by atoms with Gasteiger partial charge in [0, 0.05) is 6.61 Å². The number of hydrogen-bond acceptors (Lipinski definition) is 3. The molecule has 96 valence electrons. The van der Waals surface area contributed by atoms with Gasteiger partial charge in [0.2, 0.25) is 0 Å². The predicted molar refractivity (Wildman–Crippen MR) is 76.2 cm³/mol. The molecule has 2 aromatic carbocycles. The van der Waals surface area contributed by atoms with Gasteiger partial charge >= 0.3 is 0 Å². The van der Waals surface area contributed by atoms with Crippen molar-refractivity contribution >= 4 is 15.9 Å². The van der Waals surface area contributed by atoms with Crippen LogP contribution in [0.15, 0.2) is 46.9 Å². The Hall–Kier alpha value is -1.83. The van der Waals surface area contributed by atoms with Gasteiger partial charge in [-0.05, 0) is 58.2 Å². The van der Waals surface area contributed by atoms with E-state index in [4.69, 9.17) is 15.1 Å². The van der Waals surface area contributed by atoms with Gasteiger partial charge < -0.3 is 9.84 Å². The van der Waals surface area contributed by atoms with Crippen LogP contribution in [0, 0.1) is 11.3 Å². The van der Waals surface area contributed by atoms with Crippen molar-refractivity contribution in [3.63, 3.8) is 0 Å². The predicted octanol–water partition coefficient (Wildman–Crippen LogP) is 3.65. The number of aliphatic hydroxyl groups is 1. The van der Waals surface area contributed by atoms with Gasteiger partial charge in [-0.25, -0.2) is 0 Å². The Balaban J connectivity index is 2.15. The van der Waals surface area contributed by atoms with E-state index in [-0.39, 0.29) is 6.61 Å². The number of nitrogens with zero attached hydrogens (tertiary/aromatic N) is 1. The molecule has 0 radical (unpaired) electrons. The Morgan fingerprint density at radius 2 is 1.89 bits per heavy atom. The number of aliphatic hydroxyl groups excluding tert-OH is 1. The van der Waals surface area contributed by atoms with Gasteiger partial charge in [0.1, 0.15) is 11.5 Å². The number of rotatable bonds is 4. The third-order valence-corrected chi connectivity index (χ3v) is 3.23. The van der Waals surface area contributed by atoms with Crippen molar-refractivity contribution in [2.75, 3.05) is 6.61 Å². The summed E-state index contributed by atoms with van der Waals surface area (Å²) in [5, 5.41) is 17.6. The highest BCUT2D eigenvalue weighted by Gasteiger charge is 2.04. The normalized spacial score (nSPS) is 9.95. The summed E-state index contributed by atoms with van der Waals surface area (Å²) in [4.78, 5) is 0. The molecule has 2 aromatic rings. The van der Waals surface area contributed by atoms with Crippen LogP contribution in [-0.4, -0.2) is 11.7 Å². The lowest BCUT2D eigenvalue weighted by Gasteiger charge is -2.08. The summed E-state index contributed by atoms with van der Waals surface area (Å²) < 4.78 is 6.46. The molecule has 0 aliphatic heterocycles. The lowest BCUT2D eigenvalue weighted by atomic mass is 10.1. The van der Waals surface area contributed by atoms with Crippen molar-refractivity contribution in [3.05, 3.63) is 58.1 Å². The maximum atomic E-state index is 8.85. The number of hydrogen-bond donors (Lipinski definition) is 1. The second-order valence-electron chi connectivity index (χ2n) is 3.98. The van der Waals surface area contributed by atoms with E-state index in [1.807, 2.05) is 24.3 Å². The average Bonchev–Trinajstić information content (AvgIpc) is 2.43. The van der Waals surface area contributed by atoms with Gasteiger partial charge in [0.15, 0.2) is 0 Å². The summed E-state index contributed by atoms with van der Waals surface area (Å²) in [6, 6.07) is 14.8. The van der Waals surface area contributed by atoms with Crippen molar-refractivity contribution in [1.82, 2.24) is 0 Å². The average molecular weight is 318 g/mol. The smallest absolute Gasteiger partial charge is 0.141 e. The third-order valence-electron chi connectivity index (χ3n) is 2.61. The summed E-state index contributed by atoms with van der Waals surface area (Å²) in [5.74, 6) is 1.38. The second-order valence-corrected chi connectivity index (χ2v) is 4.83. The fourth-order valence-electron chi connectivity index (χ4n) is 1.63. The molecule has 2 rings (SSSR count). The zero-order valence-corrected chi connectivity index (χ0v) is 11.7. The standard InChI is InChI=1S/C15H12BrNO2/c16-14-9-12(10-17)3-6-15(14)19-13-4-1-11(2-5-13)7-8-18/h1-6,9,18H,7-8H2. The van der Waals surface area contributed by atoms with Gasteiger partial charge in [0.25, 0.3) is 0 Å². The zero-order valence-electron chi connectivity index (χ0n) is 10.1. The molecule has 0 atom stereocenters. The lowest BCUT2D eigenvalue weighted by Crippen LogP contribution is -1.91. The van der Waals surface area contributed by atoms with Gasteiger partial charge in [-0.3, -0.25) is 0 Å². The molecule has 3 nitrogen and oxygen atoms in total. The molecule has 0 fully saturated rings. The first kappa shape index (κ1) is 13.6. The summed E-state index contributed by atoms with van der Waals surface area (Å²) in [5.41, 5.74) is 1.64. The van der Waals surface area contributed by atoms with Gasteiger partial charge in [-0.1, -0.05) is 12.1 Å². The molecular formula is C15H12BrNO2. The third kappa shape index (κ3) is 3.57. The number of nitriles is 1. The van der Waals surface area contributed by atoms with Crippen molar-refractivity contribution < 1.29 is 9.84 Å². The van der Waals surface area contributed by atoms with Crippen LogP contribution in [0.25, 0.3) is 0 Å². The van der Waals surface area contributed by atoms with Gasteiger partial charge in [0.05, 0.1) is 16.1 Å². The minimum Gasteiger partial charge on any atom is -0.456 e. The van der Waals surface area contributed by atoms with Crippen molar-refractivity contribution in [2.45, 2.75) is 6.42 Å². The molecule has 0 saturated heterocycles. The number of halogens is 1. The molecule has 0 aromatic heterocycles. The second kappa shape index (κ2) is 6.37. The monoisotopic (exact) mass is 317 g/mol. The van der Waals surface area contributed by atoms with Crippen LogP contribution in [0.3, 0.4) is 0 Å². The number of benzene rings is 2. The van der Waals surface area contributed by atoms with E-state index in [1.165, 1.54) is 0 Å². The van der Waals surface area contributed by atoms with E-state index >= 15 is 0 Å². The Labute approximate surface area is 120 Å². The van der Waals surface area contributed by atoms with E-state index in [0.717, 1.165) is 10.0 Å². The van der Waals surface area contributed by atoms with Crippen molar-refractivity contribution in [1.29, 1.82) is 5.26 Å². The molecule has 0 saturated carbocycles. The quantitative estimate of drug-likeness (QED) is 0.936. The first-order valence-electron chi connectivity index (χ1n) is 5.80. The maximum absolute atomic E-state index is 8.85. The van der Waals surface area contributed by atoms with Crippen molar-refractivity contribution in [2.24, 2.45) is 0 Å². The van der Waals surface area contributed by atoms with Crippen LogP contribution in [-0.2, 0) is 6.42 Å². The van der Waals surface area contributed by atoms with Crippen LogP contribution in [0.5, 0.6) is 11.5 Å². The SMILES string of the molecule is N#Cc1ccc(Oc2ccc(CCO)cc2)c(Br)c1. The lowest BCUT2D eigenvalue weighted by molar-refractivity contribution is 0.299. The topological polar surface area (TPSA) is 53.2 Å². The van der Waals surface area contributed by atoms with E-state index in [2.05, 4.69) is 22.0 Å². The minimum atomic E-state index is 0.140. The van der Waals surface area contributed by atoms with Gasteiger partial charge in [-0.15, -0.1) is 0 Å². The molecule has 0 aliphatic rings. The maximum Gasteiger partial charge on any atom is 0.141 e. The van der Waals surface area contributed by atoms with Crippen molar-refractivity contribution in [3.8, 4) is 17.6 Å². The van der Waals surface area contributed by atoms with E-state index < -0.39 is 0 Å². The Morgan fingerprint density at radius 1 is 1.16 bits per heavy atom. The molecule has 4 heteroatoms. The highest BCUT2D eigenvalue weighted by Crippen LogP contribution is 2.30. The van der Waals surface area contributed by atoms with E-state index in [9.17, 15) is 0 Å². The highest BCUT2D eigenvalue weighted by molar-refractivity contribution is 9.10. The fourth-order valence-corrected chi connectivity index (χ4v) is 2.09. The summed E-state index contributed by atoms with van der Waals surface area (Å²) in [6.45, 7) is 0.140. The molecule has 1 N–H and O–H groups in total. The van der Waals surface area contributed by atoms with E-state index in [1.54, 1.807) is 18.2 Å². The largest absolute Gasteiger partial charge is 0.456 e. The van der Waals surface area contributed by atoms with Gasteiger partial charge in [-0.2, -0.15) is 5.26 Å². The first-order valence-corrected chi connectivity index (χ1v) is 6.59. The summed E-state index contributed by atoms with van der Waals surface area (Å²) >= 11 is 3.38. The van der Waals surface area contributed by atoms with E-state index in [0.29, 0.717) is 23.5 Å².